The second kappa shape index (κ2) is 4.39. The standard InChI is InChI=1S/C13H16N2O/c1-10(2)11-8-15(9-14-11)12-6-4-5-7-13(12)16-3/h4-10H,1-3H3. The van der Waals surface area contributed by atoms with Gasteiger partial charge in [-0.2, -0.15) is 0 Å². The lowest BCUT2D eigenvalue weighted by Crippen LogP contribution is -1.95. The van der Waals surface area contributed by atoms with E-state index >= 15 is 0 Å². The monoisotopic (exact) mass is 216 g/mol. The fourth-order valence-corrected chi connectivity index (χ4v) is 1.61. The maximum atomic E-state index is 5.32. The van der Waals surface area contributed by atoms with Crippen molar-refractivity contribution in [2.24, 2.45) is 0 Å². The number of aromatic nitrogens is 2. The average Bonchev–Trinajstić information content (AvgIpc) is 2.78. The molecule has 0 aliphatic rings. The minimum atomic E-state index is 0.441. The molecule has 2 rings (SSSR count). The van der Waals surface area contributed by atoms with Gasteiger partial charge in [0.15, 0.2) is 0 Å². The van der Waals surface area contributed by atoms with Crippen molar-refractivity contribution in [3.63, 3.8) is 0 Å². The molecule has 1 heterocycles. The summed E-state index contributed by atoms with van der Waals surface area (Å²) < 4.78 is 7.32. The van der Waals surface area contributed by atoms with Gasteiger partial charge in [0, 0.05) is 6.20 Å². The van der Waals surface area contributed by atoms with Gasteiger partial charge in [-0.1, -0.05) is 26.0 Å². The van der Waals surface area contributed by atoms with E-state index < -0.39 is 0 Å². The first-order valence-corrected chi connectivity index (χ1v) is 5.39. The molecule has 0 aliphatic heterocycles. The van der Waals surface area contributed by atoms with Gasteiger partial charge in [0.1, 0.15) is 5.75 Å². The van der Waals surface area contributed by atoms with E-state index in [1.807, 2.05) is 41.4 Å². The summed E-state index contributed by atoms with van der Waals surface area (Å²) in [6.07, 6.45) is 3.87. The van der Waals surface area contributed by atoms with Crippen LogP contribution >= 0.6 is 0 Å². The number of rotatable bonds is 3. The fraction of sp³-hybridized carbons (Fsp3) is 0.308. The lowest BCUT2D eigenvalue weighted by molar-refractivity contribution is 0.413. The second-order valence-electron chi connectivity index (χ2n) is 4.03. The molecule has 0 saturated heterocycles. The Morgan fingerprint density at radius 3 is 2.62 bits per heavy atom. The zero-order chi connectivity index (χ0) is 11.5. The van der Waals surface area contributed by atoms with E-state index in [-0.39, 0.29) is 0 Å². The van der Waals surface area contributed by atoms with Crippen LogP contribution in [0.2, 0.25) is 0 Å². The first kappa shape index (κ1) is 10.7. The van der Waals surface area contributed by atoms with Crippen LogP contribution in [0.3, 0.4) is 0 Å². The second-order valence-corrected chi connectivity index (χ2v) is 4.03. The number of nitrogens with zero attached hydrogens (tertiary/aromatic N) is 2. The molecule has 1 aromatic heterocycles. The SMILES string of the molecule is COc1ccccc1-n1cnc(C(C)C)c1. The van der Waals surface area contributed by atoms with Crippen molar-refractivity contribution in [3.05, 3.63) is 42.5 Å². The van der Waals surface area contributed by atoms with Crippen LogP contribution in [0.4, 0.5) is 0 Å². The summed E-state index contributed by atoms with van der Waals surface area (Å²) in [7, 11) is 1.68. The highest BCUT2D eigenvalue weighted by molar-refractivity contribution is 5.46. The summed E-state index contributed by atoms with van der Waals surface area (Å²) in [5.74, 6) is 1.30. The van der Waals surface area contributed by atoms with Crippen LogP contribution in [0.25, 0.3) is 5.69 Å². The summed E-state index contributed by atoms with van der Waals surface area (Å²) in [4.78, 5) is 4.37. The van der Waals surface area contributed by atoms with E-state index in [9.17, 15) is 0 Å². The molecule has 0 radical (unpaired) electrons. The van der Waals surface area contributed by atoms with Gasteiger partial charge in [-0.15, -0.1) is 0 Å². The van der Waals surface area contributed by atoms with Crippen LogP contribution in [-0.2, 0) is 0 Å². The Morgan fingerprint density at radius 1 is 1.25 bits per heavy atom. The molecule has 3 nitrogen and oxygen atoms in total. The molecule has 0 atom stereocenters. The zero-order valence-electron chi connectivity index (χ0n) is 9.84. The maximum absolute atomic E-state index is 5.32. The Balaban J connectivity index is 2.42. The molecular formula is C13H16N2O. The third kappa shape index (κ3) is 1.94. The van der Waals surface area contributed by atoms with Crippen molar-refractivity contribution >= 4 is 0 Å². The minimum Gasteiger partial charge on any atom is -0.495 e. The highest BCUT2D eigenvalue weighted by Gasteiger charge is 2.07. The van der Waals surface area contributed by atoms with E-state index in [2.05, 4.69) is 18.8 Å². The summed E-state index contributed by atoms with van der Waals surface area (Å²) in [6, 6.07) is 7.92. The zero-order valence-corrected chi connectivity index (χ0v) is 9.84. The molecule has 0 saturated carbocycles. The fourth-order valence-electron chi connectivity index (χ4n) is 1.61. The molecule has 0 fully saturated rings. The van der Waals surface area contributed by atoms with E-state index in [1.165, 1.54) is 0 Å². The Labute approximate surface area is 95.7 Å². The van der Waals surface area contributed by atoms with Crippen LogP contribution in [0.1, 0.15) is 25.5 Å². The Bertz CT molecular complexity index is 474. The van der Waals surface area contributed by atoms with E-state index in [0.717, 1.165) is 17.1 Å². The quantitative estimate of drug-likeness (QED) is 0.788. The largest absolute Gasteiger partial charge is 0.495 e. The minimum absolute atomic E-state index is 0.441. The molecule has 16 heavy (non-hydrogen) atoms. The molecule has 0 unspecified atom stereocenters. The van der Waals surface area contributed by atoms with Crippen molar-refractivity contribution in [1.29, 1.82) is 0 Å². The number of hydrogen-bond acceptors (Lipinski definition) is 2. The van der Waals surface area contributed by atoms with Crippen LogP contribution in [0, 0.1) is 0 Å². The first-order chi connectivity index (χ1) is 7.72. The number of benzene rings is 1. The van der Waals surface area contributed by atoms with Gasteiger partial charge in [-0.05, 0) is 18.1 Å². The van der Waals surface area contributed by atoms with E-state index in [4.69, 9.17) is 4.74 Å². The van der Waals surface area contributed by atoms with Crippen molar-refractivity contribution < 1.29 is 4.74 Å². The van der Waals surface area contributed by atoms with Gasteiger partial charge in [0.2, 0.25) is 0 Å². The van der Waals surface area contributed by atoms with E-state index in [1.54, 1.807) is 7.11 Å². The Hall–Kier alpha value is -1.77. The number of hydrogen-bond donors (Lipinski definition) is 0. The summed E-state index contributed by atoms with van der Waals surface area (Å²) in [6.45, 7) is 4.27. The summed E-state index contributed by atoms with van der Waals surface area (Å²) in [5.41, 5.74) is 2.11. The smallest absolute Gasteiger partial charge is 0.142 e. The number of methoxy groups -OCH3 is 1. The number of imidazole rings is 1. The van der Waals surface area contributed by atoms with Crippen molar-refractivity contribution in [2.45, 2.75) is 19.8 Å². The molecule has 0 N–H and O–H groups in total. The highest BCUT2D eigenvalue weighted by Crippen LogP contribution is 2.23. The van der Waals surface area contributed by atoms with Gasteiger partial charge < -0.3 is 9.30 Å². The van der Waals surface area contributed by atoms with Crippen molar-refractivity contribution in [1.82, 2.24) is 9.55 Å². The molecule has 0 bridgehead atoms. The van der Waals surface area contributed by atoms with Gasteiger partial charge in [-0.3, -0.25) is 0 Å². The number of para-hydroxylation sites is 2. The topological polar surface area (TPSA) is 27.1 Å². The molecular weight excluding hydrogens is 200 g/mol. The first-order valence-electron chi connectivity index (χ1n) is 5.39. The third-order valence-electron chi connectivity index (χ3n) is 2.56. The lowest BCUT2D eigenvalue weighted by Gasteiger charge is -2.08. The predicted octanol–water partition coefficient (Wildman–Crippen LogP) is 3.00. The van der Waals surface area contributed by atoms with Crippen LogP contribution < -0.4 is 4.74 Å². The number of ether oxygens (including phenoxy) is 1. The molecule has 0 amide bonds. The van der Waals surface area contributed by atoms with Crippen molar-refractivity contribution in [2.75, 3.05) is 7.11 Å². The van der Waals surface area contributed by atoms with Gasteiger partial charge >= 0.3 is 0 Å². The predicted molar refractivity (Wildman–Crippen MR) is 64.2 cm³/mol. The Kier molecular flexibility index (Phi) is 2.95. The molecule has 0 spiro atoms. The van der Waals surface area contributed by atoms with E-state index in [0.29, 0.717) is 5.92 Å². The normalized spacial score (nSPS) is 10.8. The van der Waals surface area contributed by atoms with Gasteiger partial charge in [0.05, 0.1) is 24.8 Å². The average molecular weight is 216 g/mol. The molecule has 2 aromatic rings. The van der Waals surface area contributed by atoms with Crippen LogP contribution in [0.15, 0.2) is 36.8 Å². The van der Waals surface area contributed by atoms with Gasteiger partial charge in [-0.25, -0.2) is 4.98 Å². The molecule has 84 valence electrons. The summed E-state index contributed by atoms with van der Waals surface area (Å²) in [5, 5.41) is 0. The molecule has 0 aliphatic carbocycles. The third-order valence-corrected chi connectivity index (χ3v) is 2.56. The van der Waals surface area contributed by atoms with Crippen LogP contribution in [-0.4, -0.2) is 16.7 Å². The van der Waals surface area contributed by atoms with Crippen LogP contribution in [0.5, 0.6) is 5.75 Å². The lowest BCUT2D eigenvalue weighted by atomic mass is 10.2. The summed E-state index contributed by atoms with van der Waals surface area (Å²) >= 11 is 0. The highest BCUT2D eigenvalue weighted by atomic mass is 16.5. The van der Waals surface area contributed by atoms with Gasteiger partial charge in [0.25, 0.3) is 0 Å². The van der Waals surface area contributed by atoms with Crippen molar-refractivity contribution in [3.8, 4) is 11.4 Å². The molecule has 1 aromatic carbocycles. The maximum Gasteiger partial charge on any atom is 0.142 e. The Morgan fingerprint density at radius 2 is 2.00 bits per heavy atom. The molecule has 3 heteroatoms.